The SMILES string of the molecule is CCCc1noc(C2CCN(C(=O)/C=C/c3ccccc3)CC2)n1. The molecule has 1 amide bonds. The van der Waals surface area contributed by atoms with Gasteiger partial charge in [-0.15, -0.1) is 0 Å². The van der Waals surface area contributed by atoms with Crippen molar-refractivity contribution in [2.75, 3.05) is 13.1 Å². The number of aryl methyl sites for hydroxylation is 1. The first-order chi connectivity index (χ1) is 11.8. The molecular weight excluding hydrogens is 302 g/mol. The van der Waals surface area contributed by atoms with Crippen LogP contribution in [0.15, 0.2) is 40.9 Å². The number of aromatic nitrogens is 2. The molecule has 0 spiro atoms. The van der Waals surface area contributed by atoms with E-state index in [1.165, 1.54) is 0 Å². The van der Waals surface area contributed by atoms with Crippen molar-refractivity contribution in [3.63, 3.8) is 0 Å². The van der Waals surface area contributed by atoms with Crippen LogP contribution in [0.5, 0.6) is 0 Å². The highest BCUT2D eigenvalue weighted by atomic mass is 16.5. The fourth-order valence-electron chi connectivity index (χ4n) is 2.94. The van der Waals surface area contributed by atoms with Crippen LogP contribution in [0.25, 0.3) is 6.08 Å². The molecular formula is C19H23N3O2. The summed E-state index contributed by atoms with van der Waals surface area (Å²) in [7, 11) is 0. The third-order valence-corrected chi connectivity index (χ3v) is 4.33. The second-order valence-corrected chi connectivity index (χ2v) is 6.14. The summed E-state index contributed by atoms with van der Waals surface area (Å²) in [6.07, 6.45) is 7.13. The molecule has 1 fully saturated rings. The summed E-state index contributed by atoms with van der Waals surface area (Å²) in [4.78, 5) is 18.7. The van der Waals surface area contributed by atoms with E-state index in [2.05, 4.69) is 17.1 Å². The van der Waals surface area contributed by atoms with E-state index in [0.717, 1.165) is 56.1 Å². The second-order valence-electron chi connectivity index (χ2n) is 6.14. The first-order valence-corrected chi connectivity index (χ1v) is 8.60. The summed E-state index contributed by atoms with van der Waals surface area (Å²) in [5.41, 5.74) is 1.04. The summed E-state index contributed by atoms with van der Waals surface area (Å²) >= 11 is 0. The van der Waals surface area contributed by atoms with Gasteiger partial charge in [-0.1, -0.05) is 42.4 Å². The summed E-state index contributed by atoms with van der Waals surface area (Å²) < 4.78 is 5.38. The number of carbonyl (C=O) groups excluding carboxylic acids is 1. The highest BCUT2D eigenvalue weighted by molar-refractivity contribution is 5.91. The standard InChI is InChI=1S/C19H23N3O2/c1-2-6-17-20-19(24-21-17)16-11-13-22(14-12-16)18(23)10-9-15-7-4-3-5-8-15/h3-5,7-10,16H,2,6,11-14H2,1H3/b10-9+. The molecule has 5 nitrogen and oxygen atoms in total. The van der Waals surface area contributed by atoms with Gasteiger partial charge in [0.1, 0.15) is 0 Å². The number of hydrogen-bond acceptors (Lipinski definition) is 4. The lowest BCUT2D eigenvalue weighted by Gasteiger charge is -2.29. The first-order valence-electron chi connectivity index (χ1n) is 8.60. The predicted molar refractivity (Wildman–Crippen MR) is 92.3 cm³/mol. The van der Waals surface area contributed by atoms with Gasteiger partial charge in [-0.2, -0.15) is 4.98 Å². The van der Waals surface area contributed by atoms with Crippen molar-refractivity contribution in [3.8, 4) is 0 Å². The fourth-order valence-corrected chi connectivity index (χ4v) is 2.94. The summed E-state index contributed by atoms with van der Waals surface area (Å²) in [6.45, 7) is 3.56. The zero-order chi connectivity index (χ0) is 16.8. The molecule has 0 saturated carbocycles. The van der Waals surface area contributed by atoms with Crippen LogP contribution in [-0.2, 0) is 11.2 Å². The Labute approximate surface area is 142 Å². The first kappa shape index (κ1) is 16.4. The van der Waals surface area contributed by atoms with Crippen molar-refractivity contribution in [1.82, 2.24) is 15.0 Å². The Morgan fingerprint density at radius 3 is 2.75 bits per heavy atom. The topological polar surface area (TPSA) is 59.2 Å². The van der Waals surface area contributed by atoms with Gasteiger partial charge in [0.2, 0.25) is 11.8 Å². The van der Waals surface area contributed by atoms with Gasteiger partial charge in [-0.05, 0) is 30.9 Å². The third kappa shape index (κ3) is 4.10. The highest BCUT2D eigenvalue weighted by Crippen LogP contribution is 2.27. The maximum atomic E-state index is 12.3. The number of nitrogens with zero attached hydrogens (tertiary/aromatic N) is 3. The van der Waals surface area contributed by atoms with Crippen molar-refractivity contribution in [3.05, 3.63) is 53.7 Å². The second kappa shape index (κ2) is 7.90. The lowest BCUT2D eigenvalue weighted by atomic mass is 9.96. The van der Waals surface area contributed by atoms with Crippen LogP contribution in [0, 0.1) is 0 Å². The molecule has 0 unspecified atom stereocenters. The summed E-state index contributed by atoms with van der Waals surface area (Å²) in [6, 6.07) is 9.87. The van der Waals surface area contributed by atoms with E-state index in [0.29, 0.717) is 0 Å². The van der Waals surface area contributed by atoms with Crippen molar-refractivity contribution in [2.45, 2.75) is 38.5 Å². The molecule has 1 aromatic carbocycles. The number of hydrogen-bond donors (Lipinski definition) is 0. The monoisotopic (exact) mass is 325 g/mol. The number of rotatable bonds is 5. The van der Waals surface area contributed by atoms with Crippen LogP contribution in [0.2, 0.25) is 0 Å². The number of likely N-dealkylation sites (tertiary alicyclic amines) is 1. The largest absolute Gasteiger partial charge is 0.339 e. The maximum absolute atomic E-state index is 12.3. The molecule has 2 aromatic rings. The molecule has 0 radical (unpaired) electrons. The lowest BCUT2D eigenvalue weighted by molar-refractivity contribution is -0.127. The van der Waals surface area contributed by atoms with Crippen LogP contribution in [0.1, 0.15) is 49.4 Å². The van der Waals surface area contributed by atoms with Crippen molar-refractivity contribution in [2.24, 2.45) is 0 Å². The van der Waals surface area contributed by atoms with Gasteiger partial charge >= 0.3 is 0 Å². The Hall–Kier alpha value is -2.43. The molecule has 0 bridgehead atoms. The van der Waals surface area contributed by atoms with Gasteiger partial charge in [-0.25, -0.2) is 0 Å². The molecule has 2 heterocycles. The van der Waals surface area contributed by atoms with E-state index in [4.69, 9.17) is 4.52 Å². The zero-order valence-corrected chi connectivity index (χ0v) is 14.0. The summed E-state index contributed by atoms with van der Waals surface area (Å²) in [5.74, 6) is 1.85. The third-order valence-electron chi connectivity index (χ3n) is 4.33. The Morgan fingerprint density at radius 2 is 2.04 bits per heavy atom. The molecule has 5 heteroatoms. The minimum atomic E-state index is 0.0644. The van der Waals surface area contributed by atoms with E-state index < -0.39 is 0 Å². The van der Waals surface area contributed by atoms with Crippen LogP contribution in [0.3, 0.4) is 0 Å². The molecule has 126 valence electrons. The normalized spacial score (nSPS) is 16.0. The van der Waals surface area contributed by atoms with Gasteiger partial charge < -0.3 is 9.42 Å². The minimum Gasteiger partial charge on any atom is -0.339 e. The predicted octanol–water partition coefficient (Wildman–Crippen LogP) is 3.44. The number of carbonyl (C=O) groups is 1. The van der Waals surface area contributed by atoms with Gasteiger partial charge in [0, 0.05) is 31.5 Å². The quantitative estimate of drug-likeness (QED) is 0.790. The molecule has 24 heavy (non-hydrogen) atoms. The average molecular weight is 325 g/mol. The molecule has 0 N–H and O–H groups in total. The minimum absolute atomic E-state index is 0.0644. The van der Waals surface area contributed by atoms with Crippen molar-refractivity contribution < 1.29 is 9.32 Å². The van der Waals surface area contributed by atoms with Gasteiger partial charge in [0.15, 0.2) is 5.82 Å². The Kier molecular flexibility index (Phi) is 5.41. The molecule has 1 aromatic heterocycles. The Balaban J connectivity index is 1.52. The van der Waals surface area contributed by atoms with Crippen LogP contribution in [0.4, 0.5) is 0 Å². The molecule has 0 aliphatic carbocycles. The van der Waals surface area contributed by atoms with Crippen LogP contribution >= 0.6 is 0 Å². The van der Waals surface area contributed by atoms with E-state index in [-0.39, 0.29) is 11.8 Å². The van der Waals surface area contributed by atoms with Gasteiger partial charge in [0.25, 0.3) is 0 Å². The van der Waals surface area contributed by atoms with E-state index >= 15 is 0 Å². The molecule has 1 saturated heterocycles. The molecule has 1 aliphatic rings. The number of amides is 1. The lowest BCUT2D eigenvalue weighted by Crippen LogP contribution is -2.36. The van der Waals surface area contributed by atoms with E-state index in [1.807, 2.05) is 41.3 Å². The Bertz CT molecular complexity index is 686. The molecule has 1 aliphatic heterocycles. The van der Waals surface area contributed by atoms with Gasteiger partial charge in [0.05, 0.1) is 0 Å². The van der Waals surface area contributed by atoms with Crippen LogP contribution in [-0.4, -0.2) is 34.0 Å². The molecule has 3 rings (SSSR count). The average Bonchev–Trinajstić information content (AvgIpc) is 3.10. The molecule has 0 atom stereocenters. The van der Waals surface area contributed by atoms with E-state index in [9.17, 15) is 4.79 Å². The Morgan fingerprint density at radius 1 is 1.29 bits per heavy atom. The maximum Gasteiger partial charge on any atom is 0.246 e. The number of piperidine rings is 1. The van der Waals surface area contributed by atoms with Gasteiger partial charge in [-0.3, -0.25) is 4.79 Å². The number of benzene rings is 1. The van der Waals surface area contributed by atoms with Crippen molar-refractivity contribution >= 4 is 12.0 Å². The smallest absolute Gasteiger partial charge is 0.246 e. The zero-order valence-electron chi connectivity index (χ0n) is 14.0. The van der Waals surface area contributed by atoms with Crippen LogP contribution < -0.4 is 0 Å². The van der Waals surface area contributed by atoms with Crippen molar-refractivity contribution in [1.29, 1.82) is 0 Å². The highest BCUT2D eigenvalue weighted by Gasteiger charge is 2.26. The van der Waals surface area contributed by atoms with E-state index in [1.54, 1.807) is 6.08 Å². The summed E-state index contributed by atoms with van der Waals surface area (Å²) in [5, 5.41) is 4.02. The fraction of sp³-hybridized carbons (Fsp3) is 0.421.